The topological polar surface area (TPSA) is 27.8 Å². The highest BCUT2D eigenvalue weighted by Crippen LogP contribution is 2.31. The van der Waals surface area contributed by atoms with Gasteiger partial charge in [0.15, 0.2) is 0 Å². The van der Waals surface area contributed by atoms with Crippen LogP contribution in [0.4, 0.5) is 5.69 Å². The van der Waals surface area contributed by atoms with Crippen molar-refractivity contribution in [2.45, 2.75) is 13.8 Å². The van der Waals surface area contributed by atoms with Gasteiger partial charge in [0.1, 0.15) is 0 Å². The fraction of sp³-hybridized carbons (Fsp3) is 0.200. The van der Waals surface area contributed by atoms with Crippen LogP contribution in [0.5, 0.6) is 0 Å². The van der Waals surface area contributed by atoms with Gasteiger partial charge in [-0.05, 0) is 43.2 Å². The highest BCUT2D eigenvalue weighted by Gasteiger charge is 2.14. The Hall–Kier alpha value is -1.96. The van der Waals surface area contributed by atoms with Crippen molar-refractivity contribution >= 4 is 17.3 Å². The molecule has 2 N–H and O–H groups in total. The molecule has 2 heterocycles. The van der Waals surface area contributed by atoms with Gasteiger partial charge in [-0.25, -0.2) is 0 Å². The van der Waals surface area contributed by atoms with Gasteiger partial charge in [0.2, 0.25) is 0 Å². The molecule has 0 aliphatic carbocycles. The maximum absolute atomic E-state index is 3.41. The van der Waals surface area contributed by atoms with Gasteiger partial charge in [-0.3, -0.25) is 0 Å². The zero-order valence-corrected chi connectivity index (χ0v) is 10.2. The van der Waals surface area contributed by atoms with Gasteiger partial charge in [0.25, 0.3) is 0 Å². The van der Waals surface area contributed by atoms with E-state index in [1.54, 1.807) is 0 Å². The van der Waals surface area contributed by atoms with Crippen LogP contribution in [-0.4, -0.2) is 11.5 Å². The number of nitrogens with one attached hydrogen (secondary N) is 2. The molecule has 0 bridgehead atoms. The number of aryl methyl sites for hydroxylation is 2. The largest absolute Gasteiger partial charge is 0.380 e. The molecule has 3 rings (SSSR count). The SMILES string of the molecule is Cc1cc(C)c(C=C2CNc3ccccc32)[nH]1. The van der Waals surface area contributed by atoms with Crippen LogP contribution in [0.2, 0.25) is 0 Å². The van der Waals surface area contributed by atoms with Crippen LogP contribution in [0.1, 0.15) is 22.5 Å². The smallest absolute Gasteiger partial charge is 0.0419 e. The van der Waals surface area contributed by atoms with Crippen LogP contribution in [0.3, 0.4) is 0 Å². The van der Waals surface area contributed by atoms with E-state index in [0.717, 1.165) is 6.54 Å². The zero-order chi connectivity index (χ0) is 11.8. The summed E-state index contributed by atoms with van der Waals surface area (Å²) in [4.78, 5) is 3.40. The molecule has 0 atom stereocenters. The molecule has 17 heavy (non-hydrogen) atoms. The third kappa shape index (κ3) is 1.76. The molecule has 1 aliphatic rings. The number of hydrogen-bond donors (Lipinski definition) is 2. The summed E-state index contributed by atoms with van der Waals surface area (Å²) < 4.78 is 0. The fourth-order valence-electron chi connectivity index (χ4n) is 2.41. The summed E-state index contributed by atoms with van der Waals surface area (Å²) in [7, 11) is 0. The summed E-state index contributed by atoms with van der Waals surface area (Å²) in [5.74, 6) is 0. The van der Waals surface area contributed by atoms with E-state index in [0.29, 0.717) is 0 Å². The first-order chi connectivity index (χ1) is 8.24. The number of fused-ring (bicyclic) bond motifs is 1. The van der Waals surface area contributed by atoms with E-state index in [9.17, 15) is 0 Å². The molecule has 0 saturated heterocycles. The highest BCUT2D eigenvalue weighted by molar-refractivity contribution is 5.92. The Balaban J connectivity index is 2.04. The van der Waals surface area contributed by atoms with Gasteiger partial charge in [0, 0.05) is 29.2 Å². The first kappa shape index (κ1) is 10.2. The predicted octanol–water partition coefficient (Wildman–Crippen LogP) is 3.60. The minimum absolute atomic E-state index is 0.914. The lowest BCUT2D eigenvalue weighted by Gasteiger charge is -1.99. The van der Waals surface area contributed by atoms with Gasteiger partial charge >= 0.3 is 0 Å². The van der Waals surface area contributed by atoms with Crippen molar-refractivity contribution in [3.05, 3.63) is 52.8 Å². The molecule has 1 aliphatic heterocycles. The van der Waals surface area contributed by atoms with E-state index in [2.05, 4.69) is 60.6 Å². The molecule has 1 aromatic carbocycles. The third-order valence-corrected chi connectivity index (χ3v) is 3.25. The fourth-order valence-corrected chi connectivity index (χ4v) is 2.41. The van der Waals surface area contributed by atoms with Crippen molar-refractivity contribution in [2.75, 3.05) is 11.9 Å². The van der Waals surface area contributed by atoms with Gasteiger partial charge in [-0.2, -0.15) is 0 Å². The normalized spacial score (nSPS) is 16.0. The number of aromatic amines is 1. The second kappa shape index (κ2) is 3.81. The first-order valence-electron chi connectivity index (χ1n) is 5.94. The maximum Gasteiger partial charge on any atom is 0.0419 e. The molecule has 0 fully saturated rings. The Morgan fingerprint density at radius 2 is 2.00 bits per heavy atom. The van der Waals surface area contributed by atoms with Crippen molar-refractivity contribution in [3.63, 3.8) is 0 Å². The minimum Gasteiger partial charge on any atom is -0.380 e. The molecule has 2 nitrogen and oxygen atoms in total. The minimum atomic E-state index is 0.914. The molecule has 2 heteroatoms. The molecular formula is C15H16N2. The first-order valence-corrected chi connectivity index (χ1v) is 5.94. The zero-order valence-electron chi connectivity index (χ0n) is 10.2. The Bertz CT molecular complexity index is 591. The van der Waals surface area contributed by atoms with Crippen LogP contribution in [-0.2, 0) is 0 Å². The van der Waals surface area contributed by atoms with Crippen molar-refractivity contribution in [1.82, 2.24) is 4.98 Å². The van der Waals surface area contributed by atoms with Crippen LogP contribution in [0, 0.1) is 13.8 Å². The van der Waals surface area contributed by atoms with Gasteiger partial charge in [-0.1, -0.05) is 18.2 Å². The molecular weight excluding hydrogens is 208 g/mol. The van der Waals surface area contributed by atoms with E-state index in [1.165, 1.54) is 33.8 Å². The summed E-state index contributed by atoms with van der Waals surface area (Å²) in [6, 6.07) is 10.6. The van der Waals surface area contributed by atoms with E-state index in [1.807, 2.05) is 0 Å². The molecule has 86 valence electrons. The second-order valence-electron chi connectivity index (χ2n) is 4.62. The van der Waals surface area contributed by atoms with E-state index in [4.69, 9.17) is 0 Å². The number of para-hydroxylation sites is 1. The number of anilines is 1. The van der Waals surface area contributed by atoms with Crippen molar-refractivity contribution in [3.8, 4) is 0 Å². The Kier molecular flexibility index (Phi) is 2.29. The molecule has 0 spiro atoms. The van der Waals surface area contributed by atoms with E-state index in [-0.39, 0.29) is 0 Å². The van der Waals surface area contributed by atoms with Gasteiger partial charge in [0.05, 0.1) is 0 Å². The Morgan fingerprint density at radius 3 is 2.76 bits per heavy atom. The lowest BCUT2D eigenvalue weighted by Crippen LogP contribution is -1.91. The number of aromatic nitrogens is 1. The lowest BCUT2D eigenvalue weighted by atomic mass is 10.1. The Labute approximate surface area is 101 Å². The standard InChI is InChI=1S/C15H16N2/c1-10-7-11(2)17-15(10)8-12-9-16-14-6-4-3-5-13(12)14/h3-8,16-17H,9H2,1-2H3. The van der Waals surface area contributed by atoms with E-state index < -0.39 is 0 Å². The molecule has 0 amide bonds. The lowest BCUT2D eigenvalue weighted by molar-refractivity contribution is 1.24. The number of H-pyrrole nitrogens is 1. The average Bonchev–Trinajstić information content (AvgIpc) is 2.85. The highest BCUT2D eigenvalue weighted by atomic mass is 14.9. The van der Waals surface area contributed by atoms with Crippen LogP contribution in [0.25, 0.3) is 11.6 Å². The average molecular weight is 224 g/mol. The summed E-state index contributed by atoms with van der Waals surface area (Å²) in [6.07, 6.45) is 2.25. The summed E-state index contributed by atoms with van der Waals surface area (Å²) in [6.45, 7) is 5.15. The molecule has 1 aromatic heterocycles. The van der Waals surface area contributed by atoms with E-state index >= 15 is 0 Å². The van der Waals surface area contributed by atoms with Crippen LogP contribution >= 0.6 is 0 Å². The predicted molar refractivity (Wildman–Crippen MR) is 73.1 cm³/mol. The molecule has 2 aromatic rings. The third-order valence-electron chi connectivity index (χ3n) is 3.25. The molecule has 0 saturated carbocycles. The second-order valence-corrected chi connectivity index (χ2v) is 4.62. The summed E-state index contributed by atoms with van der Waals surface area (Å²) in [5, 5.41) is 3.41. The molecule has 0 unspecified atom stereocenters. The van der Waals surface area contributed by atoms with Crippen molar-refractivity contribution in [2.24, 2.45) is 0 Å². The number of hydrogen-bond acceptors (Lipinski definition) is 1. The Morgan fingerprint density at radius 1 is 1.18 bits per heavy atom. The van der Waals surface area contributed by atoms with Crippen molar-refractivity contribution < 1.29 is 0 Å². The quantitative estimate of drug-likeness (QED) is 0.761. The maximum atomic E-state index is 3.41. The van der Waals surface area contributed by atoms with Crippen LogP contribution < -0.4 is 5.32 Å². The molecule has 0 radical (unpaired) electrons. The van der Waals surface area contributed by atoms with Crippen molar-refractivity contribution in [1.29, 1.82) is 0 Å². The summed E-state index contributed by atoms with van der Waals surface area (Å²) >= 11 is 0. The van der Waals surface area contributed by atoms with Gasteiger partial charge in [-0.15, -0.1) is 0 Å². The monoisotopic (exact) mass is 224 g/mol. The van der Waals surface area contributed by atoms with Crippen LogP contribution in [0.15, 0.2) is 30.3 Å². The summed E-state index contributed by atoms with van der Waals surface area (Å²) in [5.41, 5.74) is 7.65. The number of benzene rings is 1. The van der Waals surface area contributed by atoms with Gasteiger partial charge < -0.3 is 10.3 Å². The number of rotatable bonds is 1.